The molecular weight excluding hydrogens is 637 g/mol. The van der Waals surface area contributed by atoms with Gasteiger partial charge in [0, 0.05) is 38.4 Å². The molecule has 0 saturated carbocycles. The number of rotatable bonds is 5. The SMILES string of the molecule is N#Cc1cccc(-n2c3ccccc3c3ccc4c(c5ccccc5n4-c4ccccc4)c32)c1-c1nc(-c2ccccc2)nc(-c2ccccc2)n1. The topological polar surface area (TPSA) is 72.3 Å². The average molecular weight is 665 g/mol. The van der Waals surface area contributed by atoms with Crippen molar-refractivity contribution >= 4 is 43.6 Å². The second-order valence-corrected chi connectivity index (χ2v) is 12.7. The third kappa shape index (κ3) is 4.54. The molecule has 6 heteroatoms. The number of nitrogens with zero attached hydrogens (tertiary/aromatic N) is 6. The summed E-state index contributed by atoms with van der Waals surface area (Å²) in [5.74, 6) is 1.52. The first kappa shape index (κ1) is 29.5. The third-order valence-electron chi connectivity index (χ3n) is 9.81. The fraction of sp³-hybridized carbons (Fsp3) is 0. The van der Waals surface area contributed by atoms with Gasteiger partial charge in [0.05, 0.1) is 45.0 Å². The molecule has 3 heterocycles. The largest absolute Gasteiger partial charge is 0.309 e. The highest BCUT2D eigenvalue weighted by Gasteiger charge is 2.25. The van der Waals surface area contributed by atoms with Crippen LogP contribution in [0, 0.1) is 11.3 Å². The molecule has 10 rings (SSSR count). The van der Waals surface area contributed by atoms with Crippen molar-refractivity contribution in [3.8, 4) is 51.6 Å². The number of aromatic nitrogens is 5. The molecule has 0 saturated heterocycles. The molecule has 7 aromatic carbocycles. The Morgan fingerprint density at radius 3 is 1.63 bits per heavy atom. The maximum absolute atomic E-state index is 10.7. The van der Waals surface area contributed by atoms with Gasteiger partial charge >= 0.3 is 0 Å². The van der Waals surface area contributed by atoms with Crippen molar-refractivity contribution < 1.29 is 0 Å². The molecule has 242 valence electrons. The lowest BCUT2D eigenvalue weighted by Gasteiger charge is -2.16. The van der Waals surface area contributed by atoms with Gasteiger partial charge in [-0.2, -0.15) is 5.26 Å². The molecule has 0 N–H and O–H groups in total. The van der Waals surface area contributed by atoms with Crippen LogP contribution in [0.25, 0.3) is 89.2 Å². The van der Waals surface area contributed by atoms with Crippen molar-refractivity contribution in [1.82, 2.24) is 24.1 Å². The zero-order chi connectivity index (χ0) is 34.6. The van der Waals surface area contributed by atoms with Crippen molar-refractivity contribution in [1.29, 1.82) is 5.26 Å². The first-order chi connectivity index (χ1) is 25.8. The molecule has 0 radical (unpaired) electrons. The number of para-hydroxylation sites is 3. The van der Waals surface area contributed by atoms with Crippen molar-refractivity contribution in [2.24, 2.45) is 0 Å². The summed E-state index contributed by atoms with van der Waals surface area (Å²) in [7, 11) is 0. The van der Waals surface area contributed by atoms with E-state index in [1.807, 2.05) is 78.9 Å². The molecule has 52 heavy (non-hydrogen) atoms. The second kappa shape index (κ2) is 11.9. The summed E-state index contributed by atoms with van der Waals surface area (Å²) in [5, 5.41) is 15.2. The molecule has 0 aliphatic heterocycles. The number of hydrogen-bond donors (Lipinski definition) is 0. The molecule has 0 spiro atoms. The maximum atomic E-state index is 10.7. The first-order valence-corrected chi connectivity index (χ1v) is 17.2. The molecule has 0 atom stereocenters. The third-order valence-corrected chi connectivity index (χ3v) is 9.81. The summed E-state index contributed by atoms with van der Waals surface area (Å²) in [6.45, 7) is 0. The highest BCUT2D eigenvalue weighted by Crippen LogP contribution is 2.43. The second-order valence-electron chi connectivity index (χ2n) is 12.7. The van der Waals surface area contributed by atoms with Gasteiger partial charge in [0.2, 0.25) is 0 Å². The Labute approximate surface area is 299 Å². The van der Waals surface area contributed by atoms with E-state index in [4.69, 9.17) is 15.0 Å². The van der Waals surface area contributed by atoms with Gasteiger partial charge < -0.3 is 9.13 Å². The molecule has 6 nitrogen and oxygen atoms in total. The van der Waals surface area contributed by atoms with Crippen LogP contribution in [0.2, 0.25) is 0 Å². The molecule has 0 aliphatic carbocycles. The lowest BCUT2D eigenvalue weighted by atomic mass is 10.0. The Balaban J connectivity index is 1.35. The van der Waals surface area contributed by atoms with E-state index < -0.39 is 0 Å². The lowest BCUT2D eigenvalue weighted by molar-refractivity contribution is 1.06. The predicted molar refractivity (Wildman–Crippen MR) is 210 cm³/mol. The molecule has 0 aliphatic rings. The average Bonchev–Trinajstić information content (AvgIpc) is 3.74. The van der Waals surface area contributed by atoms with Crippen molar-refractivity contribution in [3.05, 3.63) is 175 Å². The van der Waals surface area contributed by atoms with Crippen molar-refractivity contribution in [3.63, 3.8) is 0 Å². The van der Waals surface area contributed by atoms with Gasteiger partial charge in [0.25, 0.3) is 0 Å². The monoisotopic (exact) mass is 664 g/mol. The molecule has 3 aromatic heterocycles. The summed E-state index contributed by atoms with van der Waals surface area (Å²) < 4.78 is 4.64. The minimum absolute atomic E-state index is 0.435. The van der Waals surface area contributed by atoms with Crippen LogP contribution in [0.3, 0.4) is 0 Å². The van der Waals surface area contributed by atoms with Crippen LogP contribution in [0.5, 0.6) is 0 Å². The minimum atomic E-state index is 0.435. The Kier molecular flexibility index (Phi) is 6.76. The van der Waals surface area contributed by atoms with E-state index in [-0.39, 0.29) is 0 Å². The van der Waals surface area contributed by atoms with Crippen molar-refractivity contribution in [2.75, 3.05) is 0 Å². The predicted octanol–water partition coefficient (Wildman–Crippen LogP) is 10.9. The highest BCUT2D eigenvalue weighted by molar-refractivity contribution is 6.26. The molecule has 0 bridgehead atoms. The van der Waals surface area contributed by atoms with Crippen LogP contribution >= 0.6 is 0 Å². The summed E-state index contributed by atoms with van der Waals surface area (Å²) in [4.78, 5) is 15.1. The summed E-state index contributed by atoms with van der Waals surface area (Å²) >= 11 is 0. The fourth-order valence-electron chi connectivity index (χ4n) is 7.59. The van der Waals surface area contributed by atoms with Gasteiger partial charge in [-0.05, 0) is 42.5 Å². The van der Waals surface area contributed by atoms with E-state index in [2.05, 4.69) is 106 Å². The Hall–Kier alpha value is -7.36. The number of nitriles is 1. The van der Waals surface area contributed by atoms with Crippen LogP contribution in [-0.2, 0) is 0 Å². The summed E-state index contributed by atoms with van der Waals surface area (Å²) in [6.07, 6.45) is 0. The number of benzene rings is 7. The number of hydrogen-bond acceptors (Lipinski definition) is 4. The van der Waals surface area contributed by atoms with Gasteiger partial charge in [-0.15, -0.1) is 0 Å². The quantitative estimate of drug-likeness (QED) is 0.184. The molecule has 0 fully saturated rings. The number of fused-ring (bicyclic) bond motifs is 7. The van der Waals surface area contributed by atoms with Gasteiger partial charge in [0.1, 0.15) is 0 Å². The molecule has 0 unspecified atom stereocenters. The van der Waals surface area contributed by atoms with Gasteiger partial charge in [0.15, 0.2) is 17.5 Å². The van der Waals surface area contributed by atoms with Crippen molar-refractivity contribution in [2.45, 2.75) is 0 Å². The van der Waals surface area contributed by atoms with E-state index in [1.165, 1.54) is 0 Å². The van der Waals surface area contributed by atoms with Crippen LogP contribution in [-0.4, -0.2) is 24.1 Å². The Morgan fingerprint density at radius 2 is 0.981 bits per heavy atom. The van der Waals surface area contributed by atoms with Crippen LogP contribution in [0.4, 0.5) is 0 Å². The zero-order valence-corrected chi connectivity index (χ0v) is 27.8. The molecule has 10 aromatic rings. The van der Waals surface area contributed by atoms with Gasteiger partial charge in [-0.1, -0.05) is 127 Å². The minimum Gasteiger partial charge on any atom is -0.309 e. The summed E-state index contributed by atoms with van der Waals surface area (Å²) in [5.41, 5.74) is 9.07. The van der Waals surface area contributed by atoms with Crippen LogP contribution < -0.4 is 0 Å². The van der Waals surface area contributed by atoms with E-state index in [1.54, 1.807) is 0 Å². The van der Waals surface area contributed by atoms with Gasteiger partial charge in [-0.3, -0.25) is 0 Å². The fourth-order valence-corrected chi connectivity index (χ4v) is 7.59. The summed E-state index contributed by atoms with van der Waals surface area (Å²) in [6, 6.07) is 60.2. The molecule has 0 amide bonds. The van der Waals surface area contributed by atoms with Gasteiger partial charge in [-0.25, -0.2) is 15.0 Å². The first-order valence-electron chi connectivity index (χ1n) is 17.2. The smallest absolute Gasteiger partial charge is 0.167 e. The van der Waals surface area contributed by atoms with E-state index in [0.29, 0.717) is 28.6 Å². The Morgan fingerprint density at radius 1 is 0.423 bits per heavy atom. The Bertz CT molecular complexity index is 2950. The van der Waals surface area contributed by atoms with Crippen LogP contribution in [0.15, 0.2) is 170 Å². The van der Waals surface area contributed by atoms with E-state index in [0.717, 1.165) is 66.1 Å². The zero-order valence-electron chi connectivity index (χ0n) is 27.8. The highest BCUT2D eigenvalue weighted by atomic mass is 15.1. The van der Waals surface area contributed by atoms with E-state index >= 15 is 0 Å². The van der Waals surface area contributed by atoms with E-state index in [9.17, 15) is 5.26 Å². The standard InChI is InChI=1S/C46H28N6/c47-29-32-19-14-26-39(41(32)46-49-44(30-15-4-1-5-16-30)48-45(50-46)31-17-6-2-7-18-31)52-37-24-12-10-22-34(37)35-27-28-40-42(43(35)52)36-23-11-13-25-38(36)51(40)33-20-8-3-9-21-33/h1-28H. The maximum Gasteiger partial charge on any atom is 0.167 e. The normalized spacial score (nSPS) is 11.4. The molecular formula is C46H28N6. The van der Waals surface area contributed by atoms with Crippen LogP contribution in [0.1, 0.15) is 5.56 Å². The lowest BCUT2D eigenvalue weighted by Crippen LogP contribution is -2.05.